The number of likely N-dealkylation sites (tertiary alicyclic amines) is 1. The summed E-state index contributed by atoms with van der Waals surface area (Å²) in [7, 11) is 10.0. The molecular weight excluding hydrogens is 1280 g/mol. The molecule has 3 unspecified atom stereocenters. The molecule has 1 spiro atoms. The van der Waals surface area contributed by atoms with Gasteiger partial charge in [0.2, 0.25) is 70.9 Å². The average Bonchev–Trinajstić information content (AvgIpc) is 1.75. The lowest BCUT2D eigenvalue weighted by Crippen LogP contribution is -2.65. The van der Waals surface area contributed by atoms with Gasteiger partial charge >= 0.3 is 6.18 Å². The monoisotopic (exact) mass is 1390 g/mol. The number of hydrogen-bond acceptors (Lipinski definition) is 12. The van der Waals surface area contributed by atoms with Crippen molar-refractivity contribution < 1.29 is 70.7 Å². The third-order valence-electron chi connectivity index (χ3n) is 22.6. The Kier molecular flexibility index (Phi) is 27.9. The first-order valence-corrected chi connectivity index (χ1v) is 36.3. The molecule has 7 fully saturated rings. The maximum atomic E-state index is 15.7. The number of carbonyl (C=O) groups excluding carboxylic acids is 12. The molecule has 3 heterocycles. The zero-order chi connectivity index (χ0) is 71.4. The van der Waals surface area contributed by atoms with Gasteiger partial charge in [-0.15, -0.1) is 11.6 Å². The number of likely N-dealkylation sites (N-methyl/N-ethyl adjacent to an activating group) is 7. The molecule has 0 radical (unpaired) electrons. The van der Waals surface area contributed by atoms with Crippen LogP contribution in [0.4, 0.5) is 13.2 Å². The molecule has 0 aromatic carbocycles. The SMILES string of the molecule is CC[C@H](C)[C@@H]1NC(=O)[C@H](CC)N(C)C(=O)C[C@@H](C(=O)N2CCCC2)N(C)C(=O)[C@H](C2CCCCC2)N(C)C(=O)C2(CCCC2)NC(=O)[C@@H]2CCCN2C(=O)[C@H](CCC2CCC(C(F)(F)F)C(Cl)C2)NC(=O)CN(C)C(=O)[C@H](CC2CCCC2)N(C)C(=O)CN(C)C(=O)CN(C)C1=O. The van der Waals surface area contributed by atoms with Crippen LogP contribution < -0.4 is 16.0 Å². The first kappa shape index (κ1) is 78.1. The second-order valence-electron chi connectivity index (χ2n) is 29.3. The quantitative estimate of drug-likeness (QED) is 0.242. The third kappa shape index (κ3) is 19.2. The fraction of sp³-hybridized carbons (Fsp3) is 0.826. The first-order valence-electron chi connectivity index (χ1n) is 35.8. The van der Waals surface area contributed by atoms with Gasteiger partial charge in [0.05, 0.1) is 32.0 Å². The van der Waals surface area contributed by atoms with Crippen LogP contribution in [-0.2, 0) is 57.5 Å². The van der Waals surface area contributed by atoms with E-state index in [1.807, 2.05) is 6.92 Å². The summed E-state index contributed by atoms with van der Waals surface area (Å²) >= 11 is 6.39. The van der Waals surface area contributed by atoms with Crippen LogP contribution >= 0.6 is 11.6 Å². The van der Waals surface area contributed by atoms with Crippen LogP contribution in [-0.4, -0.2) is 263 Å². The van der Waals surface area contributed by atoms with Crippen molar-refractivity contribution in [1.29, 1.82) is 0 Å². The number of alkyl halides is 4. The zero-order valence-electron chi connectivity index (χ0n) is 59.1. The summed E-state index contributed by atoms with van der Waals surface area (Å²) in [6.45, 7) is 4.51. The Hall–Kier alpha value is -6.28. The van der Waals surface area contributed by atoms with Gasteiger partial charge in [0.15, 0.2) is 0 Å². The predicted octanol–water partition coefficient (Wildman–Crippen LogP) is 5.07. The Bertz CT molecular complexity index is 2830. The van der Waals surface area contributed by atoms with Gasteiger partial charge in [-0.2, -0.15) is 13.2 Å². The van der Waals surface area contributed by atoms with E-state index in [0.717, 1.165) is 59.6 Å². The van der Waals surface area contributed by atoms with E-state index >= 15 is 19.2 Å². The van der Waals surface area contributed by atoms with Crippen molar-refractivity contribution in [3.63, 3.8) is 0 Å². The number of amides is 12. The van der Waals surface area contributed by atoms with Crippen LogP contribution in [0, 0.1) is 29.6 Å². The molecule has 97 heavy (non-hydrogen) atoms. The average molecular weight is 1390 g/mol. The topological polar surface area (TPSA) is 270 Å². The number of nitrogens with one attached hydrogen (secondary N) is 3. The Labute approximate surface area is 576 Å². The van der Waals surface area contributed by atoms with Crippen molar-refractivity contribution in [2.45, 2.75) is 247 Å². The maximum Gasteiger partial charge on any atom is 0.393 e. The van der Waals surface area contributed by atoms with Gasteiger partial charge in [0.1, 0.15) is 47.8 Å². The molecule has 28 heteroatoms. The molecule has 0 bridgehead atoms. The van der Waals surface area contributed by atoms with Gasteiger partial charge in [-0.25, -0.2) is 0 Å². The van der Waals surface area contributed by atoms with Gasteiger partial charge in [-0.05, 0) is 120 Å². The lowest BCUT2D eigenvalue weighted by molar-refractivity contribution is -0.182. The van der Waals surface area contributed by atoms with E-state index in [9.17, 15) is 51.5 Å². The minimum Gasteiger partial charge on any atom is -0.343 e. The first-order chi connectivity index (χ1) is 45.8. The Balaban J connectivity index is 1.25. The summed E-state index contributed by atoms with van der Waals surface area (Å²) in [5, 5.41) is 7.56. The van der Waals surface area contributed by atoms with E-state index in [1.54, 1.807) is 18.7 Å². The Morgan fingerprint density at radius 3 is 1.80 bits per heavy atom. The van der Waals surface area contributed by atoms with Gasteiger partial charge < -0.3 is 60.0 Å². The molecule has 0 aromatic heterocycles. The van der Waals surface area contributed by atoms with Crippen molar-refractivity contribution in [2.75, 3.05) is 88.6 Å². The molecule has 7 rings (SSSR count). The molecule has 3 saturated heterocycles. The minimum atomic E-state index is -4.50. The van der Waals surface area contributed by atoms with Gasteiger partial charge in [0.25, 0.3) is 0 Å². The molecule has 3 aliphatic heterocycles. The zero-order valence-corrected chi connectivity index (χ0v) is 59.8. The van der Waals surface area contributed by atoms with Crippen molar-refractivity contribution in [2.24, 2.45) is 29.6 Å². The highest BCUT2D eigenvalue weighted by Crippen LogP contribution is 2.44. The van der Waals surface area contributed by atoms with Crippen LogP contribution in [0.25, 0.3) is 0 Å². The maximum absolute atomic E-state index is 15.7. The van der Waals surface area contributed by atoms with E-state index in [1.165, 1.54) is 73.8 Å². The van der Waals surface area contributed by atoms with Crippen molar-refractivity contribution in [3.8, 4) is 0 Å². The highest BCUT2D eigenvalue weighted by Gasteiger charge is 2.52. The second-order valence-corrected chi connectivity index (χ2v) is 29.9. The fourth-order valence-electron chi connectivity index (χ4n) is 16.2. The highest BCUT2D eigenvalue weighted by atomic mass is 35.5. The molecule has 546 valence electrons. The Morgan fingerprint density at radius 1 is 0.588 bits per heavy atom. The number of rotatable bonds is 10. The van der Waals surface area contributed by atoms with Gasteiger partial charge in [0, 0.05) is 74.3 Å². The lowest BCUT2D eigenvalue weighted by Gasteiger charge is -2.43. The van der Waals surface area contributed by atoms with E-state index < -0.39 is 168 Å². The smallest absolute Gasteiger partial charge is 0.343 e. The summed E-state index contributed by atoms with van der Waals surface area (Å²) in [5.74, 6) is -10.3. The number of halogens is 4. The van der Waals surface area contributed by atoms with E-state index in [-0.39, 0.29) is 88.5 Å². The molecule has 3 N–H and O–H groups in total. The number of nitrogens with zero attached hydrogens (tertiary/aromatic N) is 9. The van der Waals surface area contributed by atoms with Crippen molar-refractivity contribution in [3.05, 3.63) is 0 Å². The second kappa shape index (κ2) is 34.7. The summed E-state index contributed by atoms with van der Waals surface area (Å²) in [6.07, 6.45) is 6.08. The van der Waals surface area contributed by atoms with E-state index in [0.29, 0.717) is 64.5 Å². The number of carbonyl (C=O) groups is 12. The van der Waals surface area contributed by atoms with E-state index in [2.05, 4.69) is 16.0 Å². The summed E-state index contributed by atoms with van der Waals surface area (Å²) in [5.41, 5.74) is -1.54. The van der Waals surface area contributed by atoms with Gasteiger partial charge in [-0.3, -0.25) is 57.5 Å². The van der Waals surface area contributed by atoms with Crippen molar-refractivity contribution >= 4 is 82.5 Å². The number of fused-ring (bicyclic) bond motifs is 1. The van der Waals surface area contributed by atoms with Crippen LogP contribution in [0.3, 0.4) is 0 Å². The predicted molar refractivity (Wildman–Crippen MR) is 356 cm³/mol. The minimum absolute atomic E-state index is 0.00359. The molecular formula is C69H110ClF3N12O12. The van der Waals surface area contributed by atoms with Gasteiger partial charge in [-0.1, -0.05) is 85.0 Å². The summed E-state index contributed by atoms with van der Waals surface area (Å²) in [4.78, 5) is 189. The largest absolute Gasteiger partial charge is 0.393 e. The van der Waals surface area contributed by atoms with Crippen LogP contribution in [0.1, 0.15) is 188 Å². The molecule has 24 nitrogen and oxygen atoms in total. The van der Waals surface area contributed by atoms with E-state index in [4.69, 9.17) is 11.6 Å². The van der Waals surface area contributed by atoms with Crippen LogP contribution in [0.2, 0.25) is 0 Å². The normalized spacial score (nSPS) is 30.4. The molecule has 4 aliphatic carbocycles. The number of hydrogen-bond donors (Lipinski definition) is 3. The third-order valence-corrected chi connectivity index (χ3v) is 23.1. The summed E-state index contributed by atoms with van der Waals surface area (Å²) < 4.78 is 41.9. The molecule has 7 aliphatic rings. The molecule has 0 aromatic rings. The molecule has 11 atom stereocenters. The summed E-state index contributed by atoms with van der Waals surface area (Å²) in [6, 6.07) is -8.46. The lowest BCUT2D eigenvalue weighted by atomic mass is 9.78. The van der Waals surface area contributed by atoms with Crippen LogP contribution in [0.5, 0.6) is 0 Å². The molecule has 12 amide bonds. The highest BCUT2D eigenvalue weighted by molar-refractivity contribution is 6.21. The van der Waals surface area contributed by atoms with Crippen LogP contribution in [0.15, 0.2) is 0 Å². The Morgan fingerprint density at radius 2 is 1.20 bits per heavy atom. The van der Waals surface area contributed by atoms with Crippen molar-refractivity contribution in [1.82, 2.24) is 60.0 Å². The standard InChI is InChI=1S/C69H110ClF3N12O12/c1-11-43(3)58-65(95)79(6)41-56(88)77(4)42-57(89)81(8)52(38-44-23-16-17-24-44)63(93)78(5)40-54(86)74-49(31-29-45-28-30-47(48(70)37-45)69(71,72)73)62(92)85-36-22-27-51(85)61(91)76-68(32-18-19-33-68)67(97)83(10)59(46-25-14-13-15-26-46)66(96)82(9)53(64(94)84-34-20-21-35-84)39-55(87)80(7)50(12-2)60(90)75-58/h43-53,58-59H,11-42H2,1-10H3,(H,74,86)(H,75,90)(H,76,91)/t43-,45?,47?,48?,49-,50-,51-,52-,53-,58-,59-/m0/s1. The molecule has 4 saturated carbocycles. The fourth-order valence-corrected chi connectivity index (χ4v) is 16.7.